The number of nitrogens with zero attached hydrogens (tertiary/aromatic N) is 2. The van der Waals surface area contributed by atoms with Gasteiger partial charge in [-0.25, -0.2) is 4.79 Å². The number of carbonyl (C=O) groups excluding carboxylic acids is 1. The van der Waals surface area contributed by atoms with Crippen LogP contribution < -0.4 is 4.90 Å². The average Bonchev–Trinajstić information content (AvgIpc) is 2.80. The van der Waals surface area contributed by atoms with Crippen LogP contribution in [0.2, 0.25) is 0 Å². The summed E-state index contributed by atoms with van der Waals surface area (Å²) in [4.78, 5) is 16.7. The Morgan fingerprint density at radius 1 is 1.39 bits per heavy atom. The van der Waals surface area contributed by atoms with Gasteiger partial charge >= 0.3 is 6.09 Å². The van der Waals surface area contributed by atoms with E-state index in [0.717, 1.165) is 26.1 Å². The van der Waals surface area contributed by atoms with E-state index in [-0.39, 0.29) is 6.09 Å². The Balaban J connectivity index is 1.81. The fourth-order valence-electron chi connectivity index (χ4n) is 3.72. The molecule has 0 bridgehead atoms. The third kappa shape index (κ3) is 3.07. The van der Waals surface area contributed by atoms with Gasteiger partial charge < -0.3 is 14.5 Å². The summed E-state index contributed by atoms with van der Waals surface area (Å²) >= 11 is 0. The van der Waals surface area contributed by atoms with Gasteiger partial charge in [-0.3, -0.25) is 0 Å². The van der Waals surface area contributed by atoms with Crippen molar-refractivity contribution in [3.63, 3.8) is 0 Å². The summed E-state index contributed by atoms with van der Waals surface area (Å²) in [5.74, 6) is 0.354. The molecule has 23 heavy (non-hydrogen) atoms. The number of likely N-dealkylation sites (tertiary alicyclic amines) is 1. The molecule has 1 aromatic rings. The normalized spacial score (nSPS) is 23.3. The molecule has 0 saturated carbocycles. The molecule has 0 spiro atoms. The van der Waals surface area contributed by atoms with Gasteiger partial charge in [-0.2, -0.15) is 0 Å². The first-order valence-electron chi connectivity index (χ1n) is 8.35. The zero-order valence-corrected chi connectivity index (χ0v) is 14.3. The fraction of sp³-hybridized carbons (Fsp3) is 0.526. The highest BCUT2D eigenvalue weighted by Crippen LogP contribution is 2.44. The van der Waals surface area contributed by atoms with Gasteiger partial charge in [-0.15, -0.1) is 6.58 Å². The standard InChI is InChI=1S/C19H26N2O2/c1-5-11-21-16-9-7-6-8-14(16)15-13-20(12-10-17(15)21)18(22)23-19(2,3)4/h5-9,15,17H,1,10-13H2,2-4H3. The van der Waals surface area contributed by atoms with Gasteiger partial charge in [0.05, 0.1) is 0 Å². The maximum Gasteiger partial charge on any atom is 0.410 e. The highest BCUT2D eigenvalue weighted by Gasteiger charge is 2.42. The Kier molecular flexibility index (Phi) is 4.09. The maximum absolute atomic E-state index is 12.4. The third-order valence-electron chi connectivity index (χ3n) is 4.60. The number of benzene rings is 1. The SMILES string of the molecule is C=CCN1c2ccccc2C2CN(C(=O)OC(C)(C)C)CCC21. The summed E-state index contributed by atoms with van der Waals surface area (Å²) in [6.45, 7) is 12.0. The number of hydrogen-bond acceptors (Lipinski definition) is 3. The zero-order valence-electron chi connectivity index (χ0n) is 14.3. The lowest BCUT2D eigenvalue weighted by Gasteiger charge is -2.39. The molecule has 0 aliphatic carbocycles. The van der Waals surface area contributed by atoms with Crippen LogP contribution in [-0.4, -0.2) is 42.3 Å². The zero-order chi connectivity index (χ0) is 16.6. The molecule has 2 atom stereocenters. The number of rotatable bonds is 2. The molecule has 0 radical (unpaired) electrons. The van der Waals surface area contributed by atoms with Gasteiger partial charge in [0, 0.05) is 37.3 Å². The van der Waals surface area contributed by atoms with E-state index in [4.69, 9.17) is 4.74 Å². The molecule has 2 aliphatic rings. The van der Waals surface area contributed by atoms with Crippen LogP contribution in [0.5, 0.6) is 0 Å². The Morgan fingerprint density at radius 3 is 2.83 bits per heavy atom. The van der Waals surface area contributed by atoms with Crippen LogP contribution >= 0.6 is 0 Å². The van der Waals surface area contributed by atoms with Gasteiger partial charge in [0.15, 0.2) is 0 Å². The molecule has 2 unspecified atom stereocenters. The fourth-order valence-corrected chi connectivity index (χ4v) is 3.72. The van der Waals surface area contributed by atoms with Crippen LogP contribution in [0.15, 0.2) is 36.9 Å². The average molecular weight is 314 g/mol. The summed E-state index contributed by atoms with van der Waals surface area (Å²) in [7, 11) is 0. The third-order valence-corrected chi connectivity index (χ3v) is 4.60. The summed E-state index contributed by atoms with van der Waals surface area (Å²) in [6, 6.07) is 8.98. The van der Waals surface area contributed by atoms with Gasteiger partial charge in [-0.05, 0) is 38.8 Å². The molecule has 1 fully saturated rings. The first kappa shape index (κ1) is 15.9. The van der Waals surface area contributed by atoms with Crippen molar-refractivity contribution in [3.05, 3.63) is 42.5 Å². The second kappa shape index (κ2) is 5.91. The van der Waals surface area contributed by atoms with Gasteiger partial charge in [0.1, 0.15) is 5.60 Å². The Labute approximate surface area is 138 Å². The number of fused-ring (bicyclic) bond motifs is 3. The van der Waals surface area contributed by atoms with Crippen LogP contribution in [0.25, 0.3) is 0 Å². The van der Waals surface area contributed by atoms with Crippen molar-refractivity contribution in [1.82, 2.24) is 4.90 Å². The Morgan fingerprint density at radius 2 is 2.13 bits per heavy atom. The molecule has 1 saturated heterocycles. The molecule has 124 valence electrons. The highest BCUT2D eigenvalue weighted by molar-refractivity contribution is 5.70. The van der Waals surface area contributed by atoms with Crippen LogP contribution in [0.4, 0.5) is 10.5 Å². The van der Waals surface area contributed by atoms with E-state index >= 15 is 0 Å². The smallest absolute Gasteiger partial charge is 0.410 e. The van der Waals surface area contributed by atoms with Gasteiger partial charge in [0.2, 0.25) is 0 Å². The second-order valence-electron chi connectivity index (χ2n) is 7.39. The Hall–Kier alpha value is -1.97. The van der Waals surface area contributed by atoms with Crippen molar-refractivity contribution in [3.8, 4) is 0 Å². The van der Waals surface area contributed by atoms with Crippen molar-refractivity contribution in [2.45, 2.75) is 44.8 Å². The first-order chi connectivity index (χ1) is 10.9. The summed E-state index contributed by atoms with van der Waals surface area (Å²) < 4.78 is 5.55. The largest absolute Gasteiger partial charge is 0.444 e. The van der Waals surface area contributed by atoms with Crippen molar-refractivity contribution >= 4 is 11.8 Å². The second-order valence-corrected chi connectivity index (χ2v) is 7.39. The monoisotopic (exact) mass is 314 g/mol. The van der Waals surface area contributed by atoms with E-state index in [9.17, 15) is 4.79 Å². The van der Waals surface area contributed by atoms with Crippen molar-refractivity contribution in [2.24, 2.45) is 0 Å². The molecule has 1 amide bonds. The quantitative estimate of drug-likeness (QED) is 0.779. The number of hydrogen-bond donors (Lipinski definition) is 0. The van der Waals surface area contributed by atoms with E-state index in [1.54, 1.807) is 0 Å². The van der Waals surface area contributed by atoms with Crippen LogP contribution in [0.3, 0.4) is 0 Å². The lowest BCUT2D eigenvalue weighted by molar-refractivity contribution is 0.0189. The van der Waals surface area contributed by atoms with Gasteiger partial charge in [-0.1, -0.05) is 24.3 Å². The predicted octanol–water partition coefficient (Wildman–Crippen LogP) is 3.79. The predicted molar refractivity (Wildman–Crippen MR) is 92.9 cm³/mol. The van der Waals surface area contributed by atoms with Gasteiger partial charge in [0.25, 0.3) is 0 Å². The van der Waals surface area contributed by atoms with Crippen LogP contribution in [0, 0.1) is 0 Å². The Bertz CT molecular complexity index is 606. The molecule has 3 rings (SSSR count). The molecular weight excluding hydrogens is 288 g/mol. The van der Waals surface area contributed by atoms with Crippen molar-refractivity contribution in [2.75, 3.05) is 24.5 Å². The maximum atomic E-state index is 12.4. The molecule has 0 N–H and O–H groups in total. The summed E-state index contributed by atoms with van der Waals surface area (Å²) in [5, 5.41) is 0. The topological polar surface area (TPSA) is 32.8 Å². The molecule has 4 nitrogen and oxygen atoms in total. The number of anilines is 1. The van der Waals surface area contributed by atoms with E-state index < -0.39 is 5.60 Å². The molecule has 1 aromatic carbocycles. The van der Waals surface area contributed by atoms with E-state index in [2.05, 4.69) is 35.7 Å². The van der Waals surface area contributed by atoms with Crippen molar-refractivity contribution in [1.29, 1.82) is 0 Å². The van der Waals surface area contributed by atoms with E-state index in [1.165, 1.54) is 11.3 Å². The van der Waals surface area contributed by atoms with Crippen molar-refractivity contribution < 1.29 is 9.53 Å². The molecule has 0 aromatic heterocycles. The molecule has 4 heteroatoms. The number of amides is 1. The number of ether oxygens (including phenoxy) is 1. The summed E-state index contributed by atoms with van der Waals surface area (Å²) in [6.07, 6.45) is 2.72. The summed E-state index contributed by atoms with van der Waals surface area (Å²) in [5.41, 5.74) is 2.18. The van der Waals surface area contributed by atoms with E-state index in [0.29, 0.717) is 12.0 Å². The lowest BCUT2D eigenvalue weighted by atomic mass is 9.89. The number of para-hydroxylation sites is 1. The van der Waals surface area contributed by atoms with Crippen LogP contribution in [0.1, 0.15) is 38.7 Å². The minimum Gasteiger partial charge on any atom is -0.444 e. The first-order valence-corrected chi connectivity index (χ1v) is 8.35. The minimum absolute atomic E-state index is 0.199. The van der Waals surface area contributed by atoms with Crippen LogP contribution in [-0.2, 0) is 4.74 Å². The van der Waals surface area contributed by atoms with E-state index in [1.807, 2.05) is 31.7 Å². The number of piperidine rings is 1. The minimum atomic E-state index is -0.448. The highest BCUT2D eigenvalue weighted by atomic mass is 16.6. The molecule has 2 heterocycles. The molecule has 2 aliphatic heterocycles. The molecular formula is C19H26N2O2. The lowest BCUT2D eigenvalue weighted by Crippen LogP contribution is -2.49. The number of carbonyl (C=O) groups is 1.